The molecule has 2 aromatic heterocycles. The first-order valence-electron chi connectivity index (χ1n) is 9.91. The maximum absolute atomic E-state index is 12.7. The maximum atomic E-state index is 12.7. The van der Waals surface area contributed by atoms with Crippen LogP contribution in [0.5, 0.6) is 0 Å². The molecule has 1 amide bonds. The van der Waals surface area contributed by atoms with Crippen LogP contribution in [0.4, 0.5) is 0 Å². The van der Waals surface area contributed by atoms with Gasteiger partial charge in [0.05, 0.1) is 11.3 Å². The van der Waals surface area contributed by atoms with E-state index >= 15 is 0 Å². The number of carbonyl (C=O) groups excluding carboxylic acids is 1. The van der Waals surface area contributed by atoms with Crippen LogP contribution in [0.1, 0.15) is 58.8 Å². The predicted octanol–water partition coefficient (Wildman–Crippen LogP) is 3.37. The van der Waals surface area contributed by atoms with Gasteiger partial charge in [0.15, 0.2) is 0 Å². The first kappa shape index (κ1) is 18.3. The third kappa shape index (κ3) is 4.11. The quantitative estimate of drug-likeness (QED) is 0.742. The van der Waals surface area contributed by atoms with E-state index in [0.717, 1.165) is 56.0 Å². The van der Waals surface area contributed by atoms with Gasteiger partial charge in [0.2, 0.25) is 0 Å². The van der Waals surface area contributed by atoms with Gasteiger partial charge in [0.25, 0.3) is 5.91 Å². The zero-order valence-electron chi connectivity index (χ0n) is 16.1. The molecule has 0 saturated carbocycles. The number of rotatable bonds is 5. The van der Waals surface area contributed by atoms with Crippen LogP contribution in [0, 0.1) is 0 Å². The third-order valence-corrected chi connectivity index (χ3v) is 5.36. The van der Waals surface area contributed by atoms with Gasteiger partial charge >= 0.3 is 0 Å². The number of aryl methyl sites for hydroxylation is 1. The molecule has 0 spiro atoms. The largest absolute Gasteiger partial charge is 0.339 e. The molecule has 1 saturated heterocycles. The number of amides is 1. The van der Waals surface area contributed by atoms with Crippen LogP contribution < -0.4 is 0 Å². The van der Waals surface area contributed by atoms with Crippen LogP contribution in [0.2, 0.25) is 0 Å². The Bertz CT molecular complexity index is 912. The molecule has 4 rings (SSSR count). The smallest absolute Gasteiger partial charge is 0.256 e. The van der Waals surface area contributed by atoms with E-state index < -0.39 is 0 Å². The number of nitrogens with zero attached hydrogens (tertiary/aromatic N) is 4. The van der Waals surface area contributed by atoms with Crippen molar-refractivity contribution in [2.24, 2.45) is 0 Å². The molecular weight excluding hydrogens is 350 g/mol. The van der Waals surface area contributed by atoms with E-state index in [1.807, 2.05) is 17.9 Å². The Labute approximate surface area is 165 Å². The lowest BCUT2D eigenvalue weighted by atomic mass is 9.93. The van der Waals surface area contributed by atoms with Crippen LogP contribution >= 0.6 is 0 Å². The second kappa shape index (κ2) is 8.33. The van der Waals surface area contributed by atoms with Crippen molar-refractivity contribution in [3.05, 3.63) is 77.1 Å². The summed E-state index contributed by atoms with van der Waals surface area (Å²) < 4.78 is 0. The number of likely N-dealkylation sites (tertiary alicyclic amines) is 1. The fourth-order valence-corrected chi connectivity index (χ4v) is 3.70. The van der Waals surface area contributed by atoms with Gasteiger partial charge in [-0.1, -0.05) is 37.3 Å². The topological polar surface area (TPSA) is 74.8 Å². The third-order valence-electron chi connectivity index (χ3n) is 5.36. The zero-order valence-corrected chi connectivity index (χ0v) is 16.1. The van der Waals surface area contributed by atoms with Crippen molar-refractivity contribution in [3.8, 4) is 0 Å². The number of nitrogens with one attached hydrogen (secondary N) is 1. The van der Waals surface area contributed by atoms with Crippen molar-refractivity contribution >= 4 is 5.91 Å². The van der Waals surface area contributed by atoms with Crippen LogP contribution in [0.25, 0.3) is 0 Å². The molecule has 1 aliphatic heterocycles. The van der Waals surface area contributed by atoms with Gasteiger partial charge in [-0.15, -0.1) is 0 Å². The molecule has 3 aromatic rings. The van der Waals surface area contributed by atoms with Crippen molar-refractivity contribution in [1.82, 2.24) is 25.1 Å². The zero-order chi connectivity index (χ0) is 19.3. The number of hydrogen-bond donors (Lipinski definition) is 1. The molecule has 0 radical (unpaired) electrons. The first-order chi connectivity index (χ1) is 13.7. The summed E-state index contributed by atoms with van der Waals surface area (Å²) in [5, 5.41) is 7.71. The van der Waals surface area contributed by atoms with Crippen LogP contribution in [0.3, 0.4) is 0 Å². The van der Waals surface area contributed by atoms with Gasteiger partial charge in [-0.2, -0.15) is 5.10 Å². The molecule has 6 nitrogen and oxygen atoms in total. The normalized spacial score (nSPS) is 15.0. The average molecular weight is 375 g/mol. The van der Waals surface area contributed by atoms with E-state index in [9.17, 15) is 4.79 Å². The van der Waals surface area contributed by atoms with Crippen LogP contribution in [0.15, 0.2) is 48.8 Å². The standard InChI is InChI=1S/C22H25N5O/c1-2-21-23-14-18(15-24-21)22(28)27-10-8-17(9-11-27)20-13-19(25-26-20)12-16-6-4-3-5-7-16/h3-7,13-15,17H,2,8-12H2,1H3,(H,25,26). The molecule has 0 bridgehead atoms. The highest BCUT2D eigenvalue weighted by atomic mass is 16.2. The van der Waals surface area contributed by atoms with Gasteiger partial charge < -0.3 is 4.90 Å². The highest BCUT2D eigenvalue weighted by Crippen LogP contribution is 2.28. The molecular formula is C22H25N5O. The fourth-order valence-electron chi connectivity index (χ4n) is 3.70. The Balaban J connectivity index is 1.34. The Morgan fingerprint density at radius 3 is 2.54 bits per heavy atom. The molecule has 1 N–H and O–H groups in total. The number of H-pyrrole nitrogens is 1. The van der Waals surface area contributed by atoms with Gasteiger partial charge in [-0.25, -0.2) is 9.97 Å². The van der Waals surface area contributed by atoms with Gasteiger partial charge in [0.1, 0.15) is 5.82 Å². The summed E-state index contributed by atoms with van der Waals surface area (Å²) in [6, 6.07) is 12.6. The van der Waals surface area contributed by atoms with Gasteiger partial charge in [-0.3, -0.25) is 9.89 Å². The summed E-state index contributed by atoms with van der Waals surface area (Å²) in [4.78, 5) is 23.1. The summed E-state index contributed by atoms with van der Waals surface area (Å²) in [6.07, 6.45) is 6.77. The minimum atomic E-state index is 0.0212. The SMILES string of the molecule is CCc1ncc(C(=O)N2CCC(c3cc(Cc4ccccc4)[nH]n3)CC2)cn1. The number of piperidine rings is 1. The van der Waals surface area contributed by atoms with Crippen molar-refractivity contribution in [3.63, 3.8) is 0 Å². The van der Waals surface area contributed by atoms with Crippen LogP contribution in [-0.4, -0.2) is 44.1 Å². The molecule has 1 aromatic carbocycles. The lowest BCUT2D eigenvalue weighted by Gasteiger charge is -2.31. The van der Waals surface area contributed by atoms with E-state index in [4.69, 9.17) is 0 Å². The Hall–Kier alpha value is -3.02. The summed E-state index contributed by atoms with van der Waals surface area (Å²) >= 11 is 0. The fraction of sp³-hybridized carbons (Fsp3) is 0.364. The second-order valence-corrected chi connectivity index (χ2v) is 7.29. The van der Waals surface area contributed by atoms with E-state index in [2.05, 4.69) is 50.5 Å². The van der Waals surface area contributed by atoms with Crippen molar-refractivity contribution in [2.75, 3.05) is 13.1 Å². The molecule has 0 aliphatic carbocycles. The van der Waals surface area contributed by atoms with Crippen molar-refractivity contribution in [2.45, 2.75) is 38.5 Å². The number of benzene rings is 1. The molecule has 1 aliphatic rings. The van der Waals surface area contributed by atoms with Crippen molar-refractivity contribution in [1.29, 1.82) is 0 Å². The number of aromatic nitrogens is 4. The van der Waals surface area contributed by atoms with E-state index in [0.29, 0.717) is 11.5 Å². The Morgan fingerprint density at radius 2 is 1.86 bits per heavy atom. The predicted molar refractivity (Wildman–Crippen MR) is 107 cm³/mol. The minimum absolute atomic E-state index is 0.0212. The van der Waals surface area contributed by atoms with Gasteiger partial charge in [0, 0.05) is 49.9 Å². The molecule has 28 heavy (non-hydrogen) atoms. The van der Waals surface area contributed by atoms with Gasteiger partial charge in [-0.05, 0) is 24.5 Å². The highest BCUT2D eigenvalue weighted by molar-refractivity contribution is 5.93. The number of carbonyl (C=O) groups is 1. The first-order valence-corrected chi connectivity index (χ1v) is 9.91. The molecule has 3 heterocycles. The van der Waals surface area contributed by atoms with E-state index in [-0.39, 0.29) is 5.91 Å². The number of aromatic amines is 1. The maximum Gasteiger partial charge on any atom is 0.256 e. The summed E-state index contributed by atoms with van der Waals surface area (Å²) in [5.41, 5.74) is 4.08. The average Bonchev–Trinajstić information content (AvgIpc) is 3.22. The molecule has 0 atom stereocenters. The second-order valence-electron chi connectivity index (χ2n) is 7.29. The molecule has 144 valence electrons. The lowest BCUT2D eigenvalue weighted by Crippen LogP contribution is -2.38. The summed E-state index contributed by atoms with van der Waals surface area (Å²) in [6.45, 7) is 3.47. The highest BCUT2D eigenvalue weighted by Gasteiger charge is 2.26. The lowest BCUT2D eigenvalue weighted by molar-refractivity contribution is 0.0711. The summed E-state index contributed by atoms with van der Waals surface area (Å²) in [5.74, 6) is 1.18. The van der Waals surface area contributed by atoms with E-state index in [1.54, 1.807) is 12.4 Å². The summed E-state index contributed by atoms with van der Waals surface area (Å²) in [7, 11) is 0. The Kier molecular flexibility index (Phi) is 5.46. The minimum Gasteiger partial charge on any atom is -0.339 e. The molecule has 0 unspecified atom stereocenters. The van der Waals surface area contributed by atoms with Crippen molar-refractivity contribution < 1.29 is 4.79 Å². The number of hydrogen-bond acceptors (Lipinski definition) is 4. The molecule has 6 heteroatoms. The van der Waals surface area contributed by atoms with E-state index in [1.165, 1.54) is 5.56 Å². The van der Waals surface area contributed by atoms with Crippen LogP contribution in [-0.2, 0) is 12.8 Å². The Morgan fingerprint density at radius 1 is 1.14 bits per heavy atom. The monoisotopic (exact) mass is 375 g/mol. The molecule has 1 fully saturated rings.